The molecule has 0 aromatic carbocycles. The number of thiophene rings is 1. The van der Waals surface area contributed by atoms with Crippen molar-refractivity contribution in [3.63, 3.8) is 0 Å². The Morgan fingerprint density at radius 3 is 3.20 bits per heavy atom. The molecule has 0 atom stereocenters. The molecule has 1 saturated carbocycles. The Hall–Kier alpha value is -1.13. The largest absolute Gasteiger partial charge is 0.340 e. The summed E-state index contributed by atoms with van der Waals surface area (Å²) in [5, 5.41) is 5.53. The molecule has 2 N–H and O–H groups in total. The first-order chi connectivity index (χ1) is 7.42. The number of aromatic amines is 1. The minimum Gasteiger partial charge on any atom is -0.340 e. The highest BCUT2D eigenvalue weighted by molar-refractivity contribution is 7.13. The average molecular weight is 219 g/mol. The van der Waals surface area contributed by atoms with Crippen LogP contribution in [-0.4, -0.2) is 16.0 Å². The lowest BCUT2D eigenvalue weighted by atomic mass is 10.4. The number of hydrogen-bond acceptors (Lipinski definition) is 3. The fourth-order valence-electron chi connectivity index (χ4n) is 1.53. The van der Waals surface area contributed by atoms with Crippen LogP contribution in [0.5, 0.6) is 0 Å². The summed E-state index contributed by atoms with van der Waals surface area (Å²) in [6, 6.07) is 4.88. The van der Waals surface area contributed by atoms with E-state index >= 15 is 0 Å². The number of nitrogens with one attached hydrogen (secondary N) is 2. The molecule has 0 spiro atoms. The summed E-state index contributed by atoms with van der Waals surface area (Å²) in [6.45, 7) is 0.906. The van der Waals surface area contributed by atoms with E-state index in [9.17, 15) is 0 Å². The van der Waals surface area contributed by atoms with Crippen LogP contribution in [-0.2, 0) is 6.54 Å². The van der Waals surface area contributed by atoms with Crippen molar-refractivity contribution in [2.45, 2.75) is 25.4 Å². The molecule has 3 nitrogen and oxygen atoms in total. The topological polar surface area (TPSA) is 40.7 Å². The monoisotopic (exact) mass is 219 g/mol. The van der Waals surface area contributed by atoms with Gasteiger partial charge in [0, 0.05) is 24.5 Å². The van der Waals surface area contributed by atoms with E-state index in [4.69, 9.17) is 0 Å². The predicted molar refractivity (Wildman–Crippen MR) is 61.8 cm³/mol. The Bertz CT molecular complexity index is 428. The molecule has 1 aliphatic carbocycles. The van der Waals surface area contributed by atoms with Crippen LogP contribution in [0.3, 0.4) is 0 Å². The maximum Gasteiger partial charge on any atom is 0.147 e. The molecule has 1 aliphatic rings. The van der Waals surface area contributed by atoms with Crippen molar-refractivity contribution in [3.8, 4) is 10.7 Å². The lowest BCUT2D eigenvalue weighted by molar-refractivity contribution is 0.677. The van der Waals surface area contributed by atoms with Gasteiger partial charge in [0.05, 0.1) is 4.88 Å². The molecule has 2 aromatic heterocycles. The van der Waals surface area contributed by atoms with Crippen molar-refractivity contribution in [3.05, 3.63) is 29.4 Å². The van der Waals surface area contributed by atoms with Crippen LogP contribution in [0.15, 0.2) is 23.7 Å². The molecule has 0 unspecified atom stereocenters. The quantitative estimate of drug-likeness (QED) is 0.829. The zero-order valence-corrected chi connectivity index (χ0v) is 9.18. The minimum atomic E-state index is 0.749. The van der Waals surface area contributed by atoms with Gasteiger partial charge in [-0.2, -0.15) is 0 Å². The van der Waals surface area contributed by atoms with E-state index in [1.54, 1.807) is 11.3 Å². The summed E-state index contributed by atoms with van der Waals surface area (Å²) in [5.41, 5.74) is 1.17. The van der Waals surface area contributed by atoms with E-state index in [2.05, 4.69) is 26.7 Å². The smallest absolute Gasteiger partial charge is 0.147 e. The van der Waals surface area contributed by atoms with Gasteiger partial charge in [-0.15, -0.1) is 11.3 Å². The molecule has 2 heterocycles. The SMILES string of the molecule is c1csc(-c2ncc(CNC3CC3)[nH]2)c1. The zero-order valence-electron chi connectivity index (χ0n) is 8.36. The summed E-state index contributed by atoms with van der Waals surface area (Å²) in [4.78, 5) is 8.91. The lowest BCUT2D eigenvalue weighted by Crippen LogP contribution is -2.15. The Labute approximate surface area is 92.6 Å². The van der Waals surface area contributed by atoms with Crippen LogP contribution < -0.4 is 5.32 Å². The third kappa shape index (κ3) is 2.11. The number of imidazole rings is 1. The first kappa shape index (κ1) is 9.12. The summed E-state index contributed by atoms with van der Waals surface area (Å²) in [6.07, 6.45) is 4.57. The van der Waals surface area contributed by atoms with Gasteiger partial charge in [0.25, 0.3) is 0 Å². The number of hydrogen-bond donors (Lipinski definition) is 2. The summed E-state index contributed by atoms with van der Waals surface area (Å²) in [5.74, 6) is 0.984. The van der Waals surface area contributed by atoms with Gasteiger partial charge in [-0.1, -0.05) is 6.07 Å². The fourth-order valence-corrected chi connectivity index (χ4v) is 2.21. The molecule has 15 heavy (non-hydrogen) atoms. The van der Waals surface area contributed by atoms with E-state index in [0.29, 0.717) is 0 Å². The van der Waals surface area contributed by atoms with E-state index in [0.717, 1.165) is 18.4 Å². The standard InChI is InChI=1S/C11H13N3S/c1-2-10(15-5-1)11-13-7-9(14-11)6-12-8-3-4-8/h1-2,5,7-8,12H,3-4,6H2,(H,13,14). The molecule has 3 rings (SSSR count). The molecule has 0 aliphatic heterocycles. The molecule has 0 amide bonds. The Morgan fingerprint density at radius 1 is 1.53 bits per heavy atom. The Morgan fingerprint density at radius 2 is 2.47 bits per heavy atom. The molecular formula is C11H13N3S. The van der Waals surface area contributed by atoms with Crippen molar-refractivity contribution in [2.75, 3.05) is 0 Å². The van der Waals surface area contributed by atoms with Gasteiger partial charge in [-0.25, -0.2) is 4.98 Å². The number of aromatic nitrogens is 2. The molecular weight excluding hydrogens is 206 g/mol. The zero-order chi connectivity index (χ0) is 10.1. The van der Waals surface area contributed by atoms with Crippen LogP contribution in [0.4, 0.5) is 0 Å². The van der Waals surface area contributed by atoms with Gasteiger partial charge in [-0.3, -0.25) is 0 Å². The molecule has 4 heteroatoms. The van der Waals surface area contributed by atoms with Crippen molar-refractivity contribution in [1.82, 2.24) is 15.3 Å². The summed E-state index contributed by atoms with van der Waals surface area (Å²) >= 11 is 1.71. The van der Waals surface area contributed by atoms with Crippen molar-refractivity contribution in [2.24, 2.45) is 0 Å². The lowest BCUT2D eigenvalue weighted by Gasteiger charge is -1.98. The molecule has 0 radical (unpaired) electrons. The highest BCUT2D eigenvalue weighted by atomic mass is 32.1. The van der Waals surface area contributed by atoms with Crippen LogP contribution in [0, 0.1) is 0 Å². The first-order valence-corrected chi connectivity index (χ1v) is 6.11. The van der Waals surface area contributed by atoms with Gasteiger partial charge < -0.3 is 10.3 Å². The first-order valence-electron chi connectivity index (χ1n) is 5.23. The van der Waals surface area contributed by atoms with Crippen molar-refractivity contribution < 1.29 is 0 Å². The molecule has 2 aromatic rings. The number of nitrogens with zero attached hydrogens (tertiary/aromatic N) is 1. The highest BCUT2D eigenvalue weighted by Gasteiger charge is 2.20. The second-order valence-corrected chi connectivity index (χ2v) is 4.84. The maximum atomic E-state index is 4.37. The van der Waals surface area contributed by atoms with Crippen LogP contribution >= 0.6 is 11.3 Å². The van der Waals surface area contributed by atoms with Gasteiger partial charge in [0.2, 0.25) is 0 Å². The van der Waals surface area contributed by atoms with Gasteiger partial charge in [0.15, 0.2) is 0 Å². The Kier molecular flexibility index (Phi) is 2.31. The van der Waals surface area contributed by atoms with E-state index in [-0.39, 0.29) is 0 Å². The van der Waals surface area contributed by atoms with Crippen molar-refractivity contribution >= 4 is 11.3 Å². The van der Waals surface area contributed by atoms with Crippen LogP contribution in [0.1, 0.15) is 18.5 Å². The predicted octanol–water partition coefficient (Wildman–Crippen LogP) is 2.39. The summed E-state index contributed by atoms with van der Waals surface area (Å²) < 4.78 is 0. The average Bonchev–Trinajstić information content (AvgIpc) is 2.78. The molecule has 0 bridgehead atoms. The van der Waals surface area contributed by atoms with E-state index in [1.165, 1.54) is 23.4 Å². The van der Waals surface area contributed by atoms with Gasteiger partial charge in [-0.05, 0) is 24.3 Å². The maximum absolute atomic E-state index is 4.37. The molecule has 78 valence electrons. The molecule has 1 fully saturated rings. The summed E-state index contributed by atoms with van der Waals surface area (Å²) in [7, 11) is 0. The van der Waals surface area contributed by atoms with Crippen LogP contribution in [0.2, 0.25) is 0 Å². The second kappa shape index (κ2) is 3.79. The van der Waals surface area contributed by atoms with E-state index in [1.807, 2.05) is 12.3 Å². The number of H-pyrrole nitrogens is 1. The van der Waals surface area contributed by atoms with E-state index < -0.39 is 0 Å². The number of rotatable bonds is 4. The highest BCUT2D eigenvalue weighted by Crippen LogP contribution is 2.22. The third-order valence-corrected chi connectivity index (χ3v) is 3.42. The van der Waals surface area contributed by atoms with Gasteiger partial charge >= 0.3 is 0 Å². The minimum absolute atomic E-state index is 0.749. The van der Waals surface area contributed by atoms with Crippen molar-refractivity contribution in [1.29, 1.82) is 0 Å². The van der Waals surface area contributed by atoms with Gasteiger partial charge in [0.1, 0.15) is 5.82 Å². The second-order valence-electron chi connectivity index (χ2n) is 3.89. The normalized spacial score (nSPS) is 15.7. The third-order valence-electron chi connectivity index (χ3n) is 2.54. The Balaban J connectivity index is 1.69. The molecule has 0 saturated heterocycles. The fraction of sp³-hybridized carbons (Fsp3) is 0.364. The van der Waals surface area contributed by atoms with Crippen LogP contribution in [0.25, 0.3) is 10.7 Å².